The highest BCUT2D eigenvalue weighted by molar-refractivity contribution is 5.90. The monoisotopic (exact) mass is 382 g/mol. The molecule has 28 heavy (non-hydrogen) atoms. The van der Waals surface area contributed by atoms with Crippen molar-refractivity contribution < 1.29 is 10.0 Å². The highest BCUT2D eigenvalue weighted by Gasteiger charge is 2.26. The topological polar surface area (TPSA) is 96.2 Å². The van der Waals surface area contributed by atoms with E-state index in [2.05, 4.69) is 32.4 Å². The van der Waals surface area contributed by atoms with Gasteiger partial charge in [-0.15, -0.1) is 10.2 Å². The van der Waals surface area contributed by atoms with E-state index in [9.17, 15) is 4.79 Å². The van der Waals surface area contributed by atoms with Gasteiger partial charge in [0.25, 0.3) is 5.91 Å². The third kappa shape index (κ3) is 4.28. The zero-order chi connectivity index (χ0) is 19.3. The molecular weight excluding hydrogens is 356 g/mol. The summed E-state index contributed by atoms with van der Waals surface area (Å²) in [4.78, 5) is 15.4. The van der Waals surface area contributed by atoms with Crippen molar-refractivity contribution in [3.05, 3.63) is 47.3 Å². The highest BCUT2D eigenvalue weighted by Crippen LogP contribution is 2.32. The molecule has 2 fully saturated rings. The fraction of sp³-hybridized carbons (Fsp3) is 0.500. The van der Waals surface area contributed by atoms with Crippen LogP contribution < -0.4 is 5.48 Å². The van der Waals surface area contributed by atoms with E-state index in [0.717, 1.165) is 37.3 Å². The normalized spacial score (nSPS) is 20.5. The minimum atomic E-state index is -0.533. The summed E-state index contributed by atoms with van der Waals surface area (Å²) in [6.07, 6.45) is 9.73. The summed E-state index contributed by atoms with van der Waals surface area (Å²) >= 11 is 0. The van der Waals surface area contributed by atoms with Crippen LogP contribution in [-0.4, -0.2) is 49.3 Å². The molecule has 0 spiro atoms. The van der Waals surface area contributed by atoms with Gasteiger partial charge in [0.15, 0.2) is 5.82 Å². The third-order valence-electron chi connectivity index (χ3n) is 5.72. The first kappa shape index (κ1) is 18.8. The summed E-state index contributed by atoms with van der Waals surface area (Å²) < 4.78 is 0. The van der Waals surface area contributed by atoms with Crippen LogP contribution in [0.25, 0.3) is 6.08 Å². The van der Waals surface area contributed by atoms with E-state index in [-0.39, 0.29) is 0 Å². The Balaban J connectivity index is 1.34. The smallest absolute Gasteiger partial charge is 0.267 e. The van der Waals surface area contributed by atoms with Crippen molar-refractivity contribution in [1.29, 1.82) is 0 Å². The quantitative estimate of drug-likeness (QED) is 0.433. The van der Waals surface area contributed by atoms with Crippen molar-refractivity contribution in [2.24, 2.45) is 0 Å². The molecule has 2 aromatic rings. The lowest BCUT2D eigenvalue weighted by atomic mass is 9.94. The second-order valence-electron chi connectivity index (χ2n) is 7.53. The van der Waals surface area contributed by atoms with Gasteiger partial charge in [-0.1, -0.05) is 24.3 Å². The van der Waals surface area contributed by atoms with Crippen LogP contribution in [-0.2, 0) is 11.2 Å². The molecule has 148 valence electrons. The predicted molar refractivity (Wildman–Crippen MR) is 103 cm³/mol. The molecule has 8 heteroatoms. The number of aromatic nitrogens is 4. The van der Waals surface area contributed by atoms with E-state index in [4.69, 9.17) is 5.21 Å². The number of hydrogen-bond acceptors (Lipinski definition) is 6. The van der Waals surface area contributed by atoms with Crippen molar-refractivity contribution in [3.8, 4) is 0 Å². The molecule has 1 saturated carbocycles. The molecule has 2 aliphatic rings. The van der Waals surface area contributed by atoms with Crippen molar-refractivity contribution in [1.82, 2.24) is 30.6 Å². The van der Waals surface area contributed by atoms with Gasteiger partial charge < -0.3 is 0 Å². The third-order valence-corrected chi connectivity index (χ3v) is 5.72. The van der Waals surface area contributed by atoms with Gasteiger partial charge in [-0.2, -0.15) is 4.80 Å². The molecule has 1 aromatic heterocycles. The van der Waals surface area contributed by atoms with Crippen LogP contribution in [0.4, 0.5) is 0 Å². The maximum Gasteiger partial charge on any atom is 0.267 e. The molecule has 2 N–H and O–H groups in total. The van der Waals surface area contributed by atoms with Gasteiger partial charge in [0.2, 0.25) is 0 Å². The maximum atomic E-state index is 11.1. The van der Waals surface area contributed by atoms with E-state index < -0.39 is 5.91 Å². The first-order valence-electron chi connectivity index (χ1n) is 9.97. The van der Waals surface area contributed by atoms with Crippen LogP contribution >= 0.6 is 0 Å². The van der Waals surface area contributed by atoms with Crippen LogP contribution in [0.3, 0.4) is 0 Å². The fourth-order valence-electron chi connectivity index (χ4n) is 3.88. The van der Waals surface area contributed by atoms with Crippen LogP contribution in [0, 0.1) is 0 Å². The van der Waals surface area contributed by atoms with Gasteiger partial charge in [-0.3, -0.25) is 14.9 Å². The number of amides is 1. The van der Waals surface area contributed by atoms with Crippen molar-refractivity contribution >= 4 is 12.0 Å². The van der Waals surface area contributed by atoms with E-state index in [1.165, 1.54) is 37.3 Å². The lowest BCUT2D eigenvalue weighted by Crippen LogP contribution is -2.26. The number of nitrogens with zero attached hydrogens (tertiary/aromatic N) is 5. The average Bonchev–Trinajstić information content (AvgIpc) is 3.33. The molecule has 1 aliphatic carbocycles. The Hall–Kier alpha value is -2.58. The van der Waals surface area contributed by atoms with Gasteiger partial charge in [-0.05, 0) is 61.1 Å². The summed E-state index contributed by atoms with van der Waals surface area (Å²) in [6, 6.07) is 9.09. The molecule has 1 aliphatic heterocycles. The number of tetrazole rings is 1. The van der Waals surface area contributed by atoms with E-state index >= 15 is 0 Å². The molecule has 1 atom stereocenters. The largest absolute Gasteiger partial charge is 0.296 e. The summed E-state index contributed by atoms with van der Waals surface area (Å²) in [6.45, 7) is 2.01. The number of hydrogen-bond donors (Lipinski definition) is 2. The van der Waals surface area contributed by atoms with Gasteiger partial charge in [-0.25, -0.2) is 5.48 Å². The second kappa shape index (κ2) is 8.62. The maximum absolute atomic E-state index is 11.1. The van der Waals surface area contributed by atoms with Gasteiger partial charge in [0, 0.05) is 25.1 Å². The Kier molecular flexibility index (Phi) is 5.78. The van der Waals surface area contributed by atoms with E-state index in [1.807, 2.05) is 12.1 Å². The van der Waals surface area contributed by atoms with Crippen molar-refractivity contribution in [2.75, 3.05) is 13.1 Å². The first-order valence-corrected chi connectivity index (χ1v) is 9.97. The minimum absolute atomic E-state index is 0.403. The van der Waals surface area contributed by atoms with Crippen LogP contribution in [0.15, 0.2) is 30.3 Å². The number of hydroxylamine groups is 1. The lowest BCUT2D eigenvalue weighted by molar-refractivity contribution is -0.124. The van der Waals surface area contributed by atoms with Crippen LogP contribution in [0.1, 0.15) is 61.1 Å². The van der Waals surface area contributed by atoms with Crippen LogP contribution in [0.2, 0.25) is 0 Å². The summed E-state index contributed by atoms with van der Waals surface area (Å²) in [7, 11) is 0. The van der Waals surface area contributed by atoms with E-state index in [0.29, 0.717) is 12.1 Å². The van der Waals surface area contributed by atoms with Crippen molar-refractivity contribution in [2.45, 2.75) is 50.6 Å². The molecule has 1 aromatic carbocycles. The Morgan fingerprint density at radius 3 is 2.75 bits per heavy atom. The molecule has 1 saturated heterocycles. The van der Waals surface area contributed by atoms with Crippen LogP contribution in [0.5, 0.6) is 0 Å². The Labute approximate surface area is 164 Å². The Bertz CT molecular complexity index is 827. The van der Waals surface area contributed by atoms with Crippen molar-refractivity contribution in [3.63, 3.8) is 0 Å². The number of carbonyl (C=O) groups excluding carboxylic acids is 1. The van der Waals surface area contributed by atoms with Gasteiger partial charge in [0.1, 0.15) is 0 Å². The summed E-state index contributed by atoms with van der Waals surface area (Å²) in [5.74, 6) is 0.300. The minimum Gasteiger partial charge on any atom is -0.296 e. The molecule has 2 heterocycles. The molecule has 1 amide bonds. The molecule has 0 radical (unpaired) electrons. The first-order chi connectivity index (χ1) is 13.7. The van der Waals surface area contributed by atoms with Gasteiger partial charge in [0.05, 0.1) is 6.04 Å². The number of rotatable bonds is 7. The number of carbonyl (C=O) groups is 1. The molecule has 8 nitrogen and oxygen atoms in total. The summed E-state index contributed by atoms with van der Waals surface area (Å²) in [5, 5.41) is 21.5. The molecular formula is C20H26N6O2. The molecule has 0 bridgehead atoms. The van der Waals surface area contributed by atoms with Gasteiger partial charge >= 0.3 is 0 Å². The summed E-state index contributed by atoms with van der Waals surface area (Å²) in [5.41, 5.74) is 3.80. The highest BCUT2D eigenvalue weighted by atomic mass is 16.5. The number of benzene rings is 1. The predicted octanol–water partition coefficient (Wildman–Crippen LogP) is 2.30. The molecule has 0 unspecified atom stereocenters. The van der Waals surface area contributed by atoms with E-state index in [1.54, 1.807) is 16.4 Å². The SMILES string of the molecule is O=C(C=Cc1ccc([C@@H]2CCCN2CCc2nnn(C3CCC3)n2)cc1)NO. The fourth-order valence-corrected chi connectivity index (χ4v) is 3.88. The number of likely N-dealkylation sites (tertiary alicyclic amines) is 1. The zero-order valence-corrected chi connectivity index (χ0v) is 15.9. The average molecular weight is 382 g/mol. The second-order valence-corrected chi connectivity index (χ2v) is 7.53. The Morgan fingerprint density at radius 1 is 1.21 bits per heavy atom. The molecule has 4 rings (SSSR count). The standard InChI is InChI=1S/C20H26N6O2/c27-20(23-28)11-8-15-6-9-16(10-7-15)18-5-2-13-25(18)14-12-19-21-24-26(22-19)17-3-1-4-17/h6-11,17-18,28H,1-5,12-14H2,(H,23,27)/t18-/m0/s1. The zero-order valence-electron chi connectivity index (χ0n) is 15.9. The lowest BCUT2D eigenvalue weighted by Gasteiger charge is -2.24. The Morgan fingerprint density at radius 2 is 2.04 bits per heavy atom. The number of nitrogens with one attached hydrogen (secondary N) is 1.